The number of ketones is 1. The van der Waals surface area contributed by atoms with Crippen LogP contribution in [0.5, 0.6) is 0 Å². The van der Waals surface area contributed by atoms with Crippen molar-refractivity contribution in [3.8, 4) is 0 Å². The van der Waals surface area contributed by atoms with E-state index in [4.69, 9.17) is 5.11 Å². The number of hydrogen-bond donors (Lipinski definition) is 1. The van der Waals surface area contributed by atoms with Crippen molar-refractivity contribution in [3.05, 3.63) is 0 Å². The van der Waals surface area contributed by atoms with E-state index in [0.717, 1.165) is 13.8 Å². The van der Waals surface area contributed by atoms with Gasteiger partial charge in [-0.2, -0.15) is 0 Å². The normalized spacial score (nSPS) is 17.4. The van der Waals surface area contributed by atoms with E-state index in [1.54, 1.807) is 0 Å². The van der Waals surface area contributed by atoms with Crippen molar-refractivity contribution >= 4 is 23.7 Å². The second-order valence-electron chi connectivity index (χ2n) is 4.13. The Bertz CT molecular complexity index is 380. The zero-order chi connectivity index (χ0) is 13.9. The molecule has 1 aliphatic carbocycles. The van der Waals surface area contributed by atoms with E-state index in [2.05, 4.69) is 9.47 Å². The van der Waals surface area contributed by atoms with Crippen molar-refractivity contribution in [2.75, 3.05) is 6.79 Å². The quantitative estimate of drug-likeness (QED) is 0.409. The molecule has 7 nitrogen and oxygen atoms in total. The van der Waals surface area contributed by atoms with E-state index < -0.39 is 41.8 Å². The van der Waals surface area contributed by atoms with Gasteiger partial charge in [0.15, 0.2) is 5.78 Å². The van der Waals surface area contributed by atoms with Gasteiger partial charge in [0.05, 0.1) is 0 Å². The summed E-state index contributed by atoms with van der Waals surface area (Å²) in [5.41, 5.74) is -2.17. The molecule has 1 aliphatic rings. The lowest BCUT2D eigenvalue weighted by Crippen LogP contribution is -2.48. The van der Waals surface area contributed by atoms with E-state index in [9.17, 15) is 19.2 Å². The lowest BCUT2D eigenvalue weighted by atomic mass is 9.79. The first kappa shape index (κ1) is 14.1. The second kappa shape index (κ2) is 5.16. The molecule has 1 rings (SSSR count). The highest BCUT2D eigenvalue weighted by Gasteiger charge is 2.62. The van der Waals surface area contributed by atoms with Gasteiger partial charge in [-0.1, -0.05) is 0 Å². The average Bonchev–Trinajstić information content (AvgIpc) is 3.01. The molecule has 0 heterocycles. The molecule has 18 heavy (non-hydrogen) atoms. The summed E-state index contributed by atoms with van der Waals surface area (Å²) in [6.07, 6.45) is 0.961. The minimum Gasteiger partial charge on any atom is -0.480 e. The summed E-state index contributed by atoms with van der Waals surface area (Å²) < 4.78 is 8.94. The number of carbonyl (C=O) groups excluding carboxylic acids is 3. The second-order valence-corrected chi connectivity index (χ2v) is 4.13. The van der Waals surface area contributed by atoms with Gasteiger partial charge in [-0.3, -0.25) is 19.2 Å². The molecule has 0 bridgehead atoms. The van der Waals surface area contributed by atoms with E-state index in [0.29, 0.717) is 12.8 Å². The standard InChI is InChI=1S/C11H14O7/c1-6(12)11(9(14)15,8-3-4-8)10(16)18-5-17-7(2)13/h8H,3-5H2,1-2H3,(H,14,15). The summed E-state index contributed by atoms with van der Waals surface area (Å²) in [4.78, 5) is 45.1. The molecule has 0 saturated heterocycles. The molecule has 0 amide bonds. The lowest BCUT2D eigenvalue weighted by molar-refractivity contribution is -0.182. The van der Waals surface area contributed by atoms with E-state index in [1.165, 1.54) is 0 Å². The first-order chi connectivity index (χ1) is 8.33. The van der Waals surface area contributed by atoms with Crippen molar-refractivity contribution in [2.24, 2.45) is 11.3 Å². The third-order valence-electron chi connectivity index (χ3n) is 2.86. The predicted octanol–water partition coefficient (Wildman–Crippen LogP) is 0.120. The van der Waals surface area contributed by atoms with Crippen molar-refractivity contribution in [1.29, 1.82) is 0 Å². The number of carboxylic acids is 1. The van der Waals surface area contributed by atoms with Gasteiger partial charge in [-0.25, -0.2) is 0 Å². The Kier molecular flexibility index (Phi) is 4.05. The zero-order valence-electron chi connectivity index (χ0n) is 10.1. The summed E-state index contributed by atoms with van der Waals surface area (Å²) in [5, 5.41) is 9.15. The summed E-state index contributed by atoms with van der Waals surface area (Å²) >= 11 is 0. The van der Waals surface area contributed by atoms with Crippen LogP contribution in [0.3, 0.4) is 0 Å². The predicted molar refractivity (Wildman–Crippen MR) is 56.2 cm³/mol. The first-order valence-corrected chi connectivity index (χ1v) is 5.38. The molecule has 1 unspecified atom stereocenters. The van der Waals surface area contributed by atoms with Crippen LogP contribution in [0.4, 0.5) is 0 Å². The van der Waals surface area contributed by atoms with Gasteiger partial charge in [0.25, 0.3) is 0 Å². The maximum absolute atomic E-state index is 11.8. The summed E-state index contributed by atoms with van der Waals surface area (Å²) in [7, 11) is 0. The Morgan fingerprint density at radius 2 is 1.72 bits per heavy atom. The maximum atomic E-state index is 11.8. The highest BCUT2D eigenvalue weighted by molar-refractivity contribution is 6.19. The van der Waals surface area contributed by atoms with Crippen molar-refractivity contribution in [3.63, 3.8) is 0 Å². The van der Waals surface area contributed by atoms with Crippen LogP contribution in [-0.2, 0) is 28.7 Å². The third-order valence-corrected chi connectivity index (χ3v) is 2.86. The lowest BCUT2D eigenvalue weighted by Gasteiger charge is -2.23. The molecule has 0 aliphatic heterocycles. The number of aliphatic carboxylic acids is 1. The van der Waals surface area contributed by atoms with Crippen LogP contribution in [0.1, 0.15) is 26.7 Å². The van der Waals surface area contributed by atoms with E-state index in [1.807, 2.05) is 0 Å². The molecule has 7 heteroatoms. The summed E-state index contributed by atoms with van der Waals surface area (Å²) in [6.45, 7) is 1.47. The Morgan fingerprint density at radius 3 is 2.06 bits per heavy atom. The van der Waals surface area contributed by atoms with Crippen LogP contribution in [-0.4, -0.2) is 35.6 Å². The van der Waals surface area contributed by atoms with Crippen molar-refractivity contribution in [1.82, 2.24) is 0 Å². The van der Waals surface area contributed by atoms with Gasteiger partial charge >= 0.3 is 17.9 Å². The van der Waals surface area contributed by atoms with Gasteiger partial charge in [-0.15, -0.1) is 0 Å². The number of carboxylic acid groups (broad SMARTS) is 1. The van der Waals surface area contributed by atoms with Crippen LogP contribution in [0.15, 0.2) is 0 Å². The molecule has 1 atom stereocenters. The number of carbonyl (C=O) groups is 4. The Labute approximate surface area is 103 Å². The molecule has 1 saturated carbocycles. The molecule has 1 N–H and O–H groups in total. The Hall–Kier alpha value is -1.92. The van der Waals surface area contributed by atoms with Crippen LogP contribution in [0, 0.1) is 11.3 Å². The fraction of sp³-hybridized carbons (Fsp3) is 0.636. The highest BCUT2D eigenvalue weighted by atomic mass is 16.7. The van der Waals surface area contributed by atoms with E-state index in [-0.39, 0.29) is 0 Å². The Morgan fingerprint density at radius 1 is 1.17 bits per heavy atom. The zero-order valence-corrected chi connectivity index (χ0v) is 10.1. The van der Waals surface area contributed by atoms with Crippen LogP contribution in [0.2, 0.25) is 0 Å². The van der Waals surface area contributed by atoms with Gasteiger partial charge in [0, 0.05) is 6.92 Å². The van der Waals surface area contributed by atoms with E-state index >= 15 is 0 Å². The molecular weight excluding hydrogens is 244 g/mol. The number of hydrogen-bond acceptors (Lipinski definition) is 6. The molecule has 0 aromatic rings. The van der Waals surface area contributed by atoms with Crippen LogP contribution >= 0.6 is 0 Å². The number of ether oxygens (including phenoxy) is 2. The van der Waals surface area contributed by atoms with Crippen LogP contribution < -0.4 is 0 Å². The van der Waals surface area contributed by atoms with Gasteiger partial charge in [-0.05, 0) is 25.7 Å². The SMILES string of the molecule is CC(=O)OCOC(=O)C(C(C)=O)(C(=O)O)C1CC1. The minimum atomic E-state index is -2.17. The molecule has 0 aromatic carbocycles. The van der Waals surface area contributed by atoms with Gasteiger partial charge in [0.2, 0.25) is 12.2 Å². The highest BCUT2D eigenvalue weighted by Crippen LogP contribution is 2.47. The van der Waals surface area contributed by atoms with Gasteiger partial charge in [0.1, 0.15) is 0 Å². The average molecular weight is 258 g/mol. The Balaban J connectivity index is 2.83. The topological polar surface area (TPSA) is 107 Å². The summed E-state index contributed by atoms with van der Waals surface area (Å²) in [5.74, 6) is -4.68. The van der Waals surface area contributed by atoms with Crippen molar-refractivity contribution in [2.45, 2.75) is 26.7 Å². The smallest absolute Gasteiger partial charge is 0.334 e. The van der Waals surface area contributed by atoms with Crippen molar-refractivity contribution < 1.29 is 33.8 Å². The monoisotopic (exact) mass is 258 g/mol. The molecule has 0 spiro atoms. The van der Waals surface area contributed by atoms with Gasteiger partial charge < -0.3 is 14.6 Å². The fourth-order valence-electron chi connectivity index (χ4n) is 1.81. The molecule has 0 radical (unpaired) electrons. The molecule has 100 valence electrons. The summed E-state index contributed by atoms with van der Waals surface area (Å²) in [6, 6.07) is 0. The van der Waals surface area contributed by atoms with Crippen LogP contribution in [0.25, 0.3) is 0 Å². The molecule has 0 aromatic heterocycles. The molecular formula is C11H14O7. The fourth-order valence-corrected chi connectivity index (χ4v) is 1.81. The maximum Gasteiger partial charge on any atom is 0.334 e. The number of esters is 2. The third kappa shape index (κ3) is 2.49. The first-order valence-electron chi connectivity index (χ1n) is 5.38. The largest absolute Gasteiger partial charge is 0.480 e. The number of Topliss-reactive ketones (excluding diaryl/α,β-unsaturated/α-hetero) is 1. The minimum absolute atomic E-state index is 0.481. The number of rotatable bonds is 6. The molecule has 1 fully saturated rings.